The van der Waals surface area contributed by atoms with Gasteiger partial charge in [0.2, 0.25) is 0 Å². The zero-order valence-electron chi connectivity index (χ0n) is 17.5. The molecule has 2 aromatic rings. The highest BCUT2D eigenvalue weighted by Crippen LogP contribution is 2.29. The predicted molar refractivity (Wildman–Crippen MR) is 131 cm³/mol. The van der Waals surface area contributed by atoms with E-state index in [-0.39, 0.29) is 24.0 Å². The van der Waals surface area contributed by atoms with Crippen molar-refractivity contribution >= 4 is 35.6 Å². The monoisotopic (exact) mass is 509 g/mol. The van der Waals surface area contributed by atoms with Gasteiger partial charge >= 0.3 is 0 Å². The predicted octanol–water partition coefficient (Wildman–Crippen LogP) is 3.39. The summed E-state index contributed by atoms with van der Waals surface area (Å²) in [7, 11) is 3.56. The van der Waals surface area contributed by atoms with E-state index in [1.54, 1.807) is 7.11 Å². The number of ether oxygens (including phenoxy) is 1. The number of aryl methyl sites for hydroxylation is 1. The number of rotatable bonds is 6. The average Bonchev–Trinajstić information content (AvgIpc) is 2.74. The maximum Gasteiger partial charge on any atom is 0.191 e. The molecule has 1 saturated heterocycles. The highest BCUT2D eigenvalue weighted by Gasteiger charge is 2.22. The van der Waals surface area contributed by atoms with Crippen LogP contribution in [0.1, 0.15) is 24.0 Å². The van der Waals surface area contributed by atoms with Gasteiger partial charge in [-0.3, -0.25) is 9.98 Å². The molecule has 2 N–H and O–H groups in total. The van der Waals surface area contributed by atoms with Crippen LogP contribution >= 0.6 is 24.0 Å². The lowest BCUT2D eigenvalue weighted by Gasteiger charge is -2.36. The van der Waals surface area contributed by atoms with Gasteiger partial charge in [-0.05, 0) is 55.5 Å². The van der Waals surface area contributed by atoms with Gasteiger partial charge in [0.15, 0.2) is 5.96 Å². The fourth-order valence-electron chi connectivity index (χ4n) is 3.69. The Balaban J connectivity index is 0.00000300. The van der Waals surface area contributed by atoms with E-state index in [0.717, 1.165) is 56.3 Å². The van der Waals surface area contributed by atoms with Crippen LogP contribution in [-0.2, 0) is 6.42 Å². The molecule has 2 heterocycles. The number of benzene rings is 1. The van der Waals surface area contributed by atoms with Crippen molar-refractivity contribution in [3.8, 4) is 5.75 Å². The highest BCUT2D eigenvalue weighted by atomic mass is 127. The quantitative estimate of drug-likeness (QED) is 0.355. The number of piperidine rings is 1. The molecule has 6 nitrogen and oxygen atoms in total. The molecule has 1 aliphatic rings. The van der Waals surface area contributed by atoms with Crippen LogP contribution in [0.2, 0.25) is 0 Å². The summed E-state index contributed by atoms with van der Waals surface area (Å²) in [5.74, 6) is 1.79. The van der Waals surface area contributed by atoms with Gasteiger partial charge in [-0.2, -0.15) is 0 Å². The molecule has 1 fully saturated rings. The number of aliphatic imine (C=N–C) groups is 1. The molecule has 0 amide bonds. The molecule has 1 atom stereocenters. The Morgan fingerprint density at radius 2 is 2.14 bits per heavy atom. The van der Waals surface area contributed by atoms with Gasteiger partial charge in [-0.1, -0.05) is 12.1 Å². The first-order chi connectivity index (χ1) is 13.7. The Morgan fingerprint density at radius 3 is 2.90 bits per heavy atom. The van der Waals surface area contributed by atoms with Crippen LogP contribution in [0.5, 0.6) is 5.75 Å². The van der Waals surface area contributed by atoms with Crippen molar-refractivity contribution < 1.29 is 4.74 Å². The van der Waals surface area contributed by atoms with Crippen molar-refractivity contribution in [3.05, 3.63) is 53.9 Å². The SMILES string of the molecule is CN=C(NCCc1ccncc1C)NC1CCCN(c2ccccc2OC)C1.I. The van der Waals surface area contributed by atoms with Crippen LogP contribution in [0.25, 0.3) is 0 Å². The van der Waals surface area contributed by atoms with Gasteiger partial charge in [0.25, 0.3) is 0 Å². The Labute approximate surface area is 191 Å². The third-order valence-corrected chi connectivity index (χ3v) is 5.23. The topological polar surface area (TPSA) is 61.8 Å². The Bertz CT molecular complexity index is 798. The Kier molecular flexibility index (Phi) is 9.50. The van der Waals surface area contributed by atoms with E-state index < -0.39 is 0 Å². The van der Waals surface area contributed by atoms with E-state index in [2.05, 4.69) is 50.6 Å². The Morgan fingerprint density at radius 1 is 1.31 bits per heavy atom. The summed E-state index contributed by atoms with van der Waals surface area (Å²) in [5.41, 5.74) is 3.71. The number of nitrogens with zero attached hydrogens (tertiary/aromatic N) is 3. The van der Waals surface area contributed by atoms with Gasteiger partial charge in [0.05, 0.1) is 12.8 Å². The number of para-hydroxylation sites is 2. The van der Waals surface area contributed by atoms with Crippen LogP contribution in [0.15, 0.2) is 47.7 Å². The fourth-order valence-corrected chi connectivity index (χ4v) is 3.69. The minimum absolute atomic E-state index is 0. The van der Waals surface area contributed by atoms with Crippen molar-refractivity contribution in [2.45, 2.75) is 32.2 Å². The number of nitrogens with one attached hydrogen (secondary N) is 2. The lowest BCUT2D eigenvalue weighted by atomic mass is 10.0. The second-order valence-electron chi connectivity index (χ2n) is 7.15. The normalized spacial score (nSPS) is 16.7. The second-order valence-corrected chi connectivity index (χ2v) is 7.15. The molecule has 7 heteroatoms. The summed E-state index contributed by atoms with van der Waals surface area (Å²) in [6.45, 7) is 4.92. The number of methoxy groups -OCH3 is 1. The lowest BCUT2D eigenvalue weighted by Crippen LogP contribution is -2.51. The molecule has 0 spiro atoms. The van der Waals surface area contributed by atoms with Gasteiger partial charge in [-0.15, -0.1) is 24.0 Å². The van der Waals surface area contributed by atoms with Crippen molar-refractivity contribution in [2.75, 3.05) is 38.7 Å². The van der Waals surface area contributed by atoms with Gasteiger partial charge < -0.3 is 20.3 Å². The van der Waals surface area contributed by atoms with Gasteiger partial charge in [0, 0.05) is 45.1 Å². The van der Waals surface area contributed by atoms with Gasteiger partial charge in [-0.25, -0.2) is 0 Å². The van der Waals surface area contributed by atoms with Crippen molar-refractivity contribution in [2.24, 2.45) is 4.99 Å². The molecular formula is C22H32IN5O. The summed E-state index contributed by atoms with van der Waals surface area (Å²) in [4.78, 5) is 11.0. The average molecular weight is 509 g/mol. The fraction of sp³-hybridized carbons (Fsp3) is 0.455. The number of aromatic nitrogens is 1. The molecule has 1 aromatic carbocycles. The molecule has 1 aliphatic heterocycles. The third kappa shape index (κ3) is 6.48. The first-order valence-electron chi connectivity index (χ1n) is 9.96. The molecule has 0 aliphatic carbocycles. The summed E-state index contributed by atoms with van der Waals surface area (Å²) in [6.07, 6.45) is 6.99. The number of halogens is 1. The summed E-state index contributed by atoms with van der Waals surface area (Å²) < 4.78 is 5.54. The van der Waals surface area contributed by atoms with Gasteiger partial charge in [0.1, 0.15) is 5.75 Å². The van der Waals surface area contributed by atoms with Crippen LogP contribution < -0.4 is 20.3 Å². The van der Waals surface area contributed by atoms with Crippen LogP contribution in [0.4, 0.5) is 5.69 Å². The van der Waals surface area contributed by atoms with E-state index >= 15 is 0 Å². The lowest BCUT2D eigenvalue weighted by molar-refractivity contribution is 0.408. The number of anilines is 1. The molecule has 1 aromatic heterocycles. The van der Waals surface area contributed by atoms with Crippen LogP contribution in [0.3, 0.4) is 0 Å². The molecule has 3 rings (SSSR count). The third-order valence-electron chi connectivity index (χ3n) is 5.23. The van der Waals surface area contributed by atoms with Crippen molar-refractivity contribution in [1.82, 2.24) is 15.6 Å². The van der Waals surface area contributed by atoms with Crippen LogP contribution in [0, 0.1) is 6.92 Å². The molecule has 0 bridgehead atoms. The summed E-state index contributed by atoms with van der Waals surface area (Å²) in [5, 5.41) is 7.03. The largest absolute Gasteiger partial charge is 0.495 e. The zero-order valence-corrected chi connectivity index (χ0v) is 19.8. The maximum atomic E-state index is 5.54. The summed E-state index contributed by atoms with van der Waals surface area (Å²) in [6, 6.07) is 10.7. The van der Waals surface area contributed by atoms with E-state index in [1.807, 2.05) is 31.6 Å². The van der Waals surface area contributed by atoms with Crippen molar-refractivity contribution in [1.29, 1.82) is 0 Å². The van der Waals surface area contributed by atoms with Crippen molar-refractivity contribution in [3.63, 3.8) is 0 Å². The first kappa shape index (κ1) is 23.3. The minimum Gasteiger partial charge on any atom is -0.495 e. The zero-order chi connectivity index (χ0) is 19.8. The van der Waals surface area contributed by atoms with E-state index in [9.17, 15) is 0 Å². The molecular weight excluding hydrogens is 477 g/mol. The second kappa shape index (κ2) is 11.8. The molecule has 1 unspecified atom stereocenters. The van der Waals surface area contributed by atoms with E-state index in [0.29, 0.717) is 6.04 Å². The number of guanidine groups is 1. The molecule has 29 heavy (non-hydrogen) atoms. The molecule has 0 radical (unpaired) electrons. The smallest absolute Gasteiger partial charge is 0.191 e. The molecule has 0 saturated carbocycles. The standard InChI is InChI=1S/C22H31N5O.HI/c1-17-15-24-12-10-18(17)11-13-25-22(23-2)26-19-7-6-14-27(16-19)20-8-4-5-9-21(20)28-3;/h4-5,8-10,12,15,19H,6-7,11,13-14,16H2,1-3H3,(H2,23,25,26);1H. The highest BCUT2D eigenvalue weighted by molar-refractivity contribution is 14.0. The minimum atomic E-state index is 0. The first-order valence-corrected chi connectivity index (χ1v) is 9.96. The van der Waals surface area contributed by atoms with Crippen LogP contribution in [-0.4, -0.2) is 50.8 Å². The number of pyridine rings is 1. The van der Waals surface area contributed by atoms with E-state index in [1.165, 1.54) is 11.1 Å². The molecule has 158 valence electrons. The summed E-state index contributed by atoms with van der Waals surface area (Å²) >= 11 is 0. The van der Waals surface area contributed by atoms with E-state index in [4.69, 9.17) is 4.74 Å². The Hall–Kier alpha value is -2.03. The number of hydrogen-bond donors (Lipinski definition) is 2. The maximum absolute atomic E-state index is 5.54. The number of hydrogen-bond acceptors (Lipinski definition) is 4.